The molecule has 4 aromatic heterocycles. The Hall–Kier alpha value is -5.74. The van der Waals surface area contributed by atoms with Crippen molar-refractivity contribution in [1.82, 2.24) is 44.9 Å². The molecule has 0 aliphatic rings. The largest absolute Gasteiger partial charge is 0.464 e. The van der Waals surface area contributed by atoms with E-state index in [1.807, 2.05) is 5.43 Å². The third-order valence-electron chi connectivity index (χ3n) is 4.44. The number of esters is 1. The van der Waals surface area contributed by atoms with Gasteiger partial charge in [-0.15, -0.1) is 0 Å². The minimum absolute atomic E-state index is 0. The second kappa shape index (κ2) is 20.2. The maximum Gasteiger partial charge on any atom is 0.358 e. The average Bonchev–Trinajstić information content (AvgIpc) is 3.66. The molecule has 0 unspecified atom stereocenters. The van der Waals surface area contributed by atoms with Gasteiger partial charge in [0.05, 0.1) is 55.4 Å². The highest BCUT2D eigenvalue weighted by molar-refractivity contribution is 6.04. The Bertz CT molecular complexity index is 1380. The standard InChI is InChI=1S/C11H11N5O3.C10H11N7O2.C2H6O.H4N2.H2O/c1-16-6-7(3-13-16)10(17)15-9-5-12-4-8(14-9)11(18)19-2;1-17-5-6(2-13-17)9(18)15-8-4-12-3-7(14-8)10(19)16-11;1-2-3;1-2;/h3-6H,1-2H3,(H,14,15,17);2-5H,11H2,1H3,(H,16,19)(H,14,15,18);3H,2H2,1H3;1-2H2;1H2. The summed E-state index contributed by atoms with van der Waals surface area (Å²) in [5, 5.41) is 20.4. The van der Waals surface area contributed by atoms with E-state index in [4.69, 9.17) is 10.9 Å². The van der Waals surface area contributed by atoms with Gasteiger partial charge < -0.3 is 26.0 Å². The highest BCUT2D eigenvalue weighted by Gasteiger charge is 2.13. The zero-order valence-corrected chi connectivity index (χ0v) is 24.1. The lowest BCUT2D eigenvalue weighted by molar-refractivity contribution is 0.0593. The number of aromatic nitrogens is 8. The Labute approximate surface area is 250 Å². The van der Waals surface area contributed by atoms with E-state index in [9.17, 15) is 19.2 Å². The van der Waals surface area contributed by atoms with Crippen molar-refractivity contribution in [3.05, 3.63) is 72.1 Å². The van der Waals surface area contributed by atoms with Crippen LogP contribution in [-0.4, -0.2) is 87.5 Å². The molecule has 238 valence electrons. The molecule has 0 spiro atoms. The van der Waals surface area contributed by atoms with Crippen molar-refractivity contribution in [2.75, 3.05) is 24.4 Å². The van der Waals surface area contributed by atoms with Crippen molar-refractivity contribution in [1.29, 1.82) is 0 Å². The number of aliphatic hydroxyl groups excluding tert-OH is 1. The van der Waals surface area contributed by atoms with Crippen LogP contribution in [0.2, 0.25) is 0 Å². The van der Waals surface area contributed by atoms with E-state index in [1.54, 1.807) is 33.4 Å². The second-order valence-corrected chi connectivity index (χ2v) is 7.57. The Kier molecular flexibility index (Phi) is 17.6. The number of hydrazine groups is 2. The Morgan fingerprint density at radius 1 is 0.795 bits per heavy atom. The number of nitrogen functional groups attached to an aromatic ring is 1. The van der Waals surface area contributed by atoms with E-state index in [1.165, 1.54) is 53.7 Å². The number of rotatable bonds is 6. The SMILES string of the molecule is CCO.COC(=O)c1cncc(NC(=O)c2cnn(C)c2)n1.Cn1cc(C(=O)Nc2cncc(C(=O)NN)n2)cn1.NN.O. The van der Waals surface area contributed by atoms with Gasteiger partial charge in [-0.1, -0.05) is 0 Å². The number of nitrogens with two attached hydrogens (primary N) is 3. The quantitative estimate of drug-likeness (QED) is 0.0500. The Morgan fingerprint density at radius 3 is 1.57 bits per heavy atom. The highest BCUT2D eigenvalue weighted by atomic mass is 16.5. The normalized spacial score (nSPS) is 9.18. The fourth-order valence-corrected chi connectivity index (χ4v) is 2.69. The van der Waals surface area contributed by atoms with Gasteiger partial charge in [-0.25, -0.2) is 20.6 Å². The third-order valence-corrected chi connectivity index (χ3v) is 4.44. The number of hydrogen-bond donors (Lipinski definition) is 7. The van der Waals surface area contributed by atoms with E-state index in [0.29, 0.717) is 11.1 Å². The molecule has 0 bridgehead atoms. The number of aliphatic hydroxyl groups is 1. The van der Waals surface area contributed by atoms with Gasteiger partial charge in [0.2, 0.25) is 0 Å². The van der Waals surface area contributed by atoms with Crippen molar-refractivity contribution < 1.29 is 34.5 Å². The number of hydrogen-bond acceptors (Lipinski definition) is 15. The van der Waals surface area contributed by atoms with Crippen LogP contribution in [0.15, 0.2) is 49.6 Å². The minimum Gasteiger partial charge on any atom is -0.464 e. The minimum atomic E-state index is -0.620. The van der Waals surface area contributed by atoms with Crippen LogP contribution in [0.3, 0.4) is 0 Å². The lowest BCUT2D eigenvalue weighted by atomic mass is 10.3. The summed E-state index contributed by atoms with van der Waals surface area (Å²) >= 11 is 0. The summed E-state index contributed by atoms with van der Waals surface area (Å²) in [6.07, 6.45) is 11.1. The first-order valence-corrected chi connectivity index (χ1v) is 11.9. The van der Waals surface area contributed by atoms with E-state index in [-0.39, 0.29) is 41.0 Å². The fourth-order valence-electron chi connectivity index (χ4n) is 2.69. The number of nitrogens with zero attached hydrogens (tertiary/aromatic N) is 8. The van der Waals surface area contributed by atoms with Crippen LogP contribution in [0.4, 0.5) is 11.6 Å². The molecular weight excluding hydrogens is 584 g/mol. The van der Waals surface area contributed by atoms with E-state index >= 15 is 0 Å². The van der Waals surface area contributed by atoms with Crippen LogP contribution in [0, 0.1) is 0 Å². The maximum absolute atomic E-state index is 11.8. The van der Waals surface area contributed by atoms with E-state index < -0.39 is 17.8 Å². The molecule has 0 saturated heterocycles. The van der Waals surface area contributed by atoms with Gasteiger partial charge >= 0.3 is 5.97 Å². The van der Waals surface area contributed by atoms with Crippen molar-refractivity contribution >= 4 is 35.3 Å². The van der Waals surface area contributed by atoms with Gasteiger partial charge in [0, 0.05) is 33.1 Å². The number of carbonyl (C=O) groups is 4. The number of carbonyl (C=O) groups excluding carboxylic acids is 4. The van der Waals surface area contributed by atoms with Crippen molar-refractivity contribution in [3.8, 4) is 0 Å². The summed E-state index contributed by atoms with van der Waals surface area (Å²) in [7, 11) is 4.64. The summed E-state index contributed by atoms with van der Waals surface area (Å²) in [4.78, 5) is 61.6. The number of nitrogens with one attached hydrogen (secondary N) is 3. The van der Waals surface area contributed by atoms with E-state index in [2.05, 4.69) is 57.2 Å². The number of ether oxygens (including phenoxy) is 1. The third kappa shape index (κ3) is 12.4. The Morgan fingerprint density at radius 2 is 1.20 bits per heavy atom. The van der Waals surface area contributed by atoms with Crippen LogP contribution >= 0.6 is 0 Å². The molecule has 0 atom stereocenters. The molecule has 0 fully saturated rings. The van der Waals surface area contributed by atoms with Gasteiger partial charge in [-0.05, 0) is 6.92 Å². The smallest absolute Gasteiger partial charge is 0.358 e. The molecule has 44 heavy (non-hydrogen) atoms. The molecule has 3 amide bonds. The number of anilines is 2. The molecule has 0 radical (unpaired) electrons. The van der Waals surface area contributed by atoms with Crippen LogP contribution < -0.4 is 33.6 Å². The lowest BCUT2D eigenvalue weighted by Crippen LogP contribution is -2.31. The molecule has 21 nitrogen and oxygen atoms in total. The summed E-state index contributed by atoms with van der Waals surface area (Å²) in [6.45, 7) is 1.93. The van der Waals surface area contributed by atoms with Crippen LogP contribution in [0.25, 0.3) is 0 Å². The first kappa shape index (κ1) is 38.3. The molecule has 4 heterocycles. The number of amides is 3. The summed E-state index contributed by atoms with van der Waals surface area (Å²) in [6, 6.07) is 0. The van der Waals surface area contributed by atoms with Crippen molar-refractivity contribution in [3.63, 3.8) is 0 Å². The highest BCUT2D eigenvalue weighted by Crippen LogP contribution is 2.07. The summed E-state index contributed by atoms with van der Waals surface area (Å²) in [5.74, 6) is 11.3. The monoisotopic (exact) mass is 618 g/mol. The maximum atomic E-state index is 11.8. The topological polar surface area (TPSA) is 331 Å². The predicted molar refractivity (Wildman–Crippen MR) is 154 cm³/mol. The number of aryl methyl sites for hydroxylation is 2. The predicted octanol–water partition coefficient (Wildman–Crippen LogP) is -2.69. The van der Waals surface area contributed by atoms with Crippen LogP contribution in [0.1, 0.15) is 48.6 Å². The molecule has 21 heteroatoms. The summed E-state index contributed by atoms with van der Waals surface area (Å²) < 4.78 is 7.52. The molecule has 12 N–H and O–H groups in total. The van der Waals surface area contributed by atoms with Crippen LogP contribution in [-0.2, 0) is 18.8 Å². The number of methoxy groups -OCH3 is 1. The average molecular weight is 619 g/mol. The van der Waals surface area contributed by atoms with Crippen molar-refractivity contribution in [2.24, 2.45) is 31.6 Å². The fraction of sp³-hybridized carbons (Fsp3) is 0.217. The van der Waals surface area contributed by atoms with Crippen LogP contribution in [0.5, 0.6) is 0 Å². The molecule has 0 aliphatic heterocycles. The Balaban J connectivity index is 0.000000719. The van der Waals surface area contributed by atoms with Gasteiger partial charge in [0.15, 0.2) is 17.3 Å². The molecule has 4 rings (SSSR count). The zero-order chi connectivity index (χ0) is 32.4. The van der Waals surface area contributed by atoms with Gasteiger partial charge in [0.25, 0.3) is 17.7 Å². The summed E-state index contributed by atoms with van der Waals surface area (Å²) in [5.41, 5.74) is 2.71. The molecule has 0 aromatic carbocycles. The van der Waals surface area contributed by atoms with Gasteiger partial charge in [-0.2, -0.15) is 10.2 Å². The zero-order valence-electron chi connectivity index (χ0n) is 24.1. The van der Waals surface area contributed by atoms with Crippen molar-refractivity contribution in [2.45, 2.75) is 6.92 Å². The van der Waals surface area contributed by atoms with E-state index in [0.717, 1.165) is 0 Å². The molecular formula is C23H34N14O7. The molecule has 4 aromatic rings. The lowest BCUT2D eigenvalue weighted by Gasteiger charge is -2.03. The van der Waals surface area contributed by atoms with Gasteiger partial charge in [-0.3, -0.25) is 50.8 Å². The van der Waals surface area contributed by atoms with Gasteiger partial charge in [0.1, 0.15) is 5.69 Å². The first-order chi connectivity index (χ1) is 20.6. The molecule has 0 aliphatic carbocycles. The second-order valence-electron chi connectivity index (χ2n) is 7.57. The molecule has 0 saturated carbocycles. The first-order valence-electron chi connectivity index (χ1n) is 11.9.